The zero-order chi connectivity index (χ0) is 13.4. The van der Waals surface area contributed by atoms with Gasteiger partial charge in [0.15, 0.2) is 0 Å². The van der Waals surface area contributed by atoms with Gasteiger partial charge in [0, 0.05) is 4.47 Å². The molecule has 1 heterocycles. The van der Waals surface area contributed by atoms with E-state index in [2.05, 4.69) is 76.1 Å². The Labute approximate surface area is 121 Å². The van der Waals surface area contributed by atoms with E-state index in [0.29, 0.717) is 0 Å². The number of hydrogen-bond donors (Lipinski definition) is 0. The van der Waals surface area contributed by atoms with E-state index in [4.69, 9.17) is 0 Å². The molecule has 2 aromatic rings. The molecule has 96 valence electrons. The molecule has 2 nitrogen and oxygen atoms in total. The number of rotatable bonds is 1. The van der Waals surface area contributed by atoms with Crippen molar-refractivity contribution in [2.24, 2.45) is 4.99 Å². The third-order valence-corrected chi connectivity index (χ3v) is 4.32. The van der Waals surface area contributed by atoms with Gasteiger partial charge in [-0.15, -0.1) is 0 Å². The van der Waals surface area contributed by atoms with Crippen LogP contribution in [0.3, 0.4) is 0 Å². The predicted molar refractivity (Wildman–Crippen MR) is 84.4 cm³/mol. The molecule has 1 aliphatic rings. The molecule has 3 rings (SSSR count). The summed E-state index contributed by atoms with van der Waals surface area (Å²) in [5, 5.41) is 0. The van der Waals surface area contributed by atoms with Gasteiger partial charge in [-0.3, -0.25) is 4.99 Å². The Morgan fingerprint density at radius 2 is 1.95 bits per heavy atom. The first kappa shape index (κ1) is 12.4. The SMILES string of the molecule is Cc1ccc2c(c1)N(c1cccc(Br)c1C)C=NC2. The molecule has 0 unspecified atom stereocenters. The number of anilines is 2. The summed E-state index contributed by atoms with van der Waals surface area (Å²) in [7, 11) is 0. The smallest absolute Gasteiger partial charge is 0.0944 e. The minimum Gasteiger partial charge on any atom is -0.301 e. The highest BCUT2D eigenvalue weighted by Crippen LogP contribution is 2.35. The van der Waals surface area contributed by atoms with Crippen LogP contribution in [0, 0.1) is 13.8 Å². The zero-order valence-corrected chi connectivity index (χ0v) is 12.6. The van der Waals surface area contributed by atoms with Gasteiger partial charge in [0.2, 0.25) is 0 Å². The Bertz CT molecular complexity index is 662. The molecule has 0 saturated carbocycles. The van der Waals surface area contributed by atoms with E-state index in [1.54, 1.807) is 0 Å². The fourth-order valence-corrected chi connectivity index (χ4v) is 2.72. The summed E-state index contributed by atoms with van der Waals surface area (Å²) in [6.45, 7) is 5.01. The normalized spacial score (nSPS) is 13.5. The van der Waals surface area contributed by atoms with Crippen molar-refractivity contribution >= 4 is 33.6 Å². The molecule has 0 bridgehead atoms. The third-order valence-electron chi connectivity index (χ3n) is 3.46. The lowest BCUT2D eigenvalue weighted by molar-refractivity contribution is 1.03. The number of aryl methyl sites for hydroxylation is 1. The fraction of sp³-hybridized carbons (Fsp3) is 0.188. The quantitative estimate of drug-likeness (QED) is 0.742. The summed E-state index contributed by atoms with van der Waals surface area (Å²) in [6, 6.07) is 12.8. The molecule has 19 heavy (non-hydrogen) atoms. The van der Waals surface area contributed by atoms with Crippen molar-refractivity contribution in [2.75, 3.05) is 4.90 Å². The number of nitrogens with zero attached hydrogens (tertiary/aromatic N) is 2. The minimum absolute atomic E-state index is 0.763. The summed E-state index contributed by atoms with van der Waals surface area (Å²) in [4.78, 5) is 6.63. The van der Waals surface area contributed by atoms with Crippen LogP contribution >= 0.6 is 15.9 Å². The summed E-state index contributed by atoms with van der Waals surface area (Å²) < 4.78 is 1.12. The molecule has 1 aliphatic heterocycles. The first-order chi connectivity index (χ1) is 9.16. The van der Waals surface area contributed by atoms with Crippen molar-refractivity contribution in [3.63, 3.8) is 0 Å². The highest BCUT2D eigenvalue weighted by atomic mass is 79.9. The third kappa shape index (κ3) is 2.19. The average molecular weight is 315 g/mol. The maximum Gasteiger partial charge on any atom is 0.0944 e. The molecular weight excluding hydrogens is 300 g/mol. The van der Waals surface area contributed by atoms with Crippen LogP contribution in [-0.4, -0.2) is 6.34 Å². The van der Waals surface area contributed by atoms with Gasteiger partial charge >= 0.3 is 0 Å². The molecule has 0 N–H and O–H groups in total. The van der Waals surface area contributed by atoms with Gasteiger partial charge in [0.1, 0.15) is 0 Å². The van der Waals surface area contributed by atoms with Crippen LogP contribution < -0.4 is 4.90 Å². The van der Waals surface area contributed by atoms with Crippen LogP contribution in [0.5, 0.6) is 0 Å². The highest BCUT2D eigenvalue weighted by molar-refractivity contribution is 9.10. The highest BCUT2D eigenvalue weighted by Gasteiger charge is 2.17. The molecule has 0 amide bonds. The van der Waals surface area contributed by atoms with Crippen LogP contribution in [0.15, 0.2) is 45.9 Å². The number of halogens is 1. The van der Waals surface area contributed by atoms with Gasteiger partial charge in [-0.25, -0.2) is 0 Å². The standard InChI is InChI=1S/C16H15BrN2/c1-11-6-7-13-9-18-10-19(16(13)8-11)15-5-3-4-14(17)12(15)2/h3-8,10H,9H2,1-2H3. The second-order valence-electron chi connectivity index (χ2n) is 4.84. The van der Waals surface area contributed by atoms with Gasteiger partial charge in [-0.2, -0.15) is 0 Å². The molecule has 0 spiro atoms. The first-order valence-electron chi connectivity index (χ1n) is 6.30. The van der Waals surface area contributed by atoms with Crippen LogP contribution in [0.25, 0.3) is 0 Å². The molecule has 3 heteroatoms. The van der Waals surface area contributed by atoms with E-state index in [1.165, 1.54) is 28.1 Å². The Kier molecular flexibility index (Phi) is 3.15. The predicted octanol–water partition coefficient (Wildman–Crippen LogP) is 4.75. The van der Waals surface area contributed by atoms with Crippen molar-refractivity contribution in [1.82, 2.24) is 0 Å². The number of fused-ring (bicyclic) bond motifs is 1. The minimum atomic E-state index is 0.763. The maximum atomic E-state index is 4.46. The van der Waals surface area contributed by atoms with E-state index < -0.39 is 0 Å². The van der Waals surface area contributed by atoms with E-state index in [1.807, 2.05) is 6.34 Å². The van der Waals surface area contributed by atoms with Gasteiger partial charge in [0.05, 0.1) is 24.3 Å². The van der Waals surface area contributed by atoms with Crippen LogP contribution in [-0.2, 0) is 6.54 Å². The Balaban J connectivity index is 2.16. The molecule has 0 atom stereocenters. The van der Waals surface area contributed by atoms with Gasteiger partial charge in [-0.05, 0) is 48.7 Å². The zero-order valence-electron chi connectivity index (χ0n) is 11.0. The largest absolute Gasteiger partial charge is 0.301 e. The van der Waals surface area contributed by atoms with E-state index in [-0.39, 0.29) is 0 Å². The van der Waals surface area contributed by atoms with Crippen molar-refractivity contribution in [2.45, 2.75) is 20.4 Å². The van der Waals surface area contributed by atoms with Crippen LogP contribution in [0.4, 0.5) is 11.4 Å². The molecule has 0 aromatic heterocycles. The molecule has 0 radical (unpaired) electrons. The Hall–Kier alpha value is -1.61. The monoisotopic (exact) mass is 314 g/mol. The maximum absolute atomic E-state index is 4.46. The topological polar surface area (TPSA) is 15.6 Å². The van der Waals surface area contributed by atoms with Crippen LogP contribution in [0.1, 0.15) is 16.7 Å². The van der Waals surface area contributed by atoms with E-state index in [9.17, 15) is 0 Å². The Morgan fingerprint density at radius 3 is 2.79 bits per heavy atom. The fourth-order valence-electron chi connectivity index (χ4n) is 2.36. The van der Waals surface area contributed by atoms with Gasteiger partial charge < -0.3 is 4.90 Å². The van der Waals surface area contributed by atoms with Crippen molar-refractivity contribution in [3.8, 4) is 0 Å². The average Bonchev–Trinajstić information content (AvgIpc) is 2.41. The second kappa shape index (κ2) is 4.82. The molecule has 0 aliphatic carbocycles. The summed E-state index contributed by atoms with van der Waals surface area (Å²) in [5.74, 6) is 0. The van der Waals surface area contributed by atoms with E-state index in [0.717, 1.165) is 11.0 Å². The van der Waals surface area contributed by atoms with Gasteiger partial charge in [-0.1, -0.05) is 34.1 Å². The van der Waals surface area contributed by atoms with Crippen LogP contribution in [0.2, 0.25) is 0 Å². The number of benzene rings is 2. The van der Waals surface area contributed by atoms with Gasteiger partial charge in [0.25, 0.3) is 0 Å². The Morgan fingerprint density at radius 1 is 1.11 bits per heavy atom. The molecule has 2 aromatic carbocycles. The lowest BCUT2D eigenvalue weighted by Crippen LogP contribution is -2.20. The van der Waals surface area contributed by atoms with E-state index >= 15 is 0 Å². The lowest BCUT2D eigenvalue weighted by Gasteiger charge is -2.27. The summed E-state index contributed by atoms with van der Waals surface area (Å²) >= 11 is 3.60. The van der Waals surface area contributed by atoms with Crippen molar-refractivity contribution in [1.29, 1.82) is 0 Å². The summed E-state index contributed by atoms with van der Waals surface area (Å²) in [6.07, 6.45) is 1.93. The first-order valence-corrected chi connectivity index (χ1v) is 7.10. The molecular formula is C16H15BrN2. The second-order valence-corrected chi connectivity index (χ2v) is 5.70. The summed E-state index contributed by atoms with van der Waals surface area (Å²) in [5.41, 5.74) is 6.17. The van der Waals surface area contributed by atoms with Crippen molar-refractivity contribution in [3.05, 3.63) is 57.6 Å². The molecule has 0 fully saturated rings. The van der Waals surface area contributed by atoms with Crippen molar-refractivity contribution < 1.29 is 0 Å². The lowest BCUT2D eigenvalue weighted by atomic mass is 10.1. The number of aliphatic imine (C=N–C) groups is 1. The number of hydrogen-bond acceptors (Lipinski definition) is 2. The molecule has 0 saturated heterocycles.